The van der Waals surface area contributed by atoms with E-state index in [1.54, 1.807) is 0 Å². The van der Waals surface area contributed by atoms with Gasteiger partial charge in [-0.05, 0) is 44.2 Å². The fourth-order valence-electron chi connectivity index (χ4n) is 2.57. The summed E-state index contributed by atoms with van der Waals surface area (Å²) in [5, 5.41) is 0. The summed E-state index contributed by atoms with van der Waals surface area (Å²) in [7, 11) is 0. The van der Waals surface area contributed by atoms with Gasteiger partial charge in [0.15, 0.2) is 0 Å². The Morgan fingerprint density at radius 3 is 2.30 bits per heavy atom. The summed E-state index contributed by atoms with van der Waals surface area (Å²) in [6.07, 6.45) is 1.22. The van der Waals surface area contributed by atoms with Gasteiger partial charge in [-0.3, -0.25) is 4.90 Å². The third-order valence-electron chi connectivity index (χ3n) is 3.66. The molecule has 20 heavy (non-hydrogen) atoms. The number of anilines is 1. The van der Waals surface area contributed by atoms with E-state index in [1.165, 1.54) is 18.7 Å². The minimum Gasteiger partial charge on any atom is -0.462 e. The average molecular weight is 276 g/mol. The molecular formula is C16H24N2O2. The lowest BCUT2D eigenvalue weighted by molar-refractivity contribution is 0.0526. The maximum Gasteiger partial charge on any atom is 0.338 e. The summed E-state index contributed by atoms with van der Waals surface area (Å²) in [5.74, 6) is -0.244. The van der Waals surface area contributed by atoms with Crippen molar-refractivity contribution in [3.05, 3.63) is 29.8 Å². The van der Waals surface area contributed by atoms with E-state index < -0.39 is 0 Å². The van der Waals surface area contributed by atoms with Crippen LogP contribution < -0.4 is 4.90 Å². The standard InChI is InChI=1S/C16H24N2O2/c1-3-9-17-10-12-18(13-11-17)15-7-5-14(6-8-15)16(19)20-4-2/h5-8H,3-4,9-13H2,1-2H3. The first kappa shape index (κ1) is 14.9. The van der Waals surface area contributed by atoms with Gasteiger partial charge in [0, 0.05) is 31.9 Å². The second-order valence-corrected chi connectivity index (χ2v) is 5.10. The first-order chi connectivity index (χ1) is 9.74. The van der Waals surface area contributed by atoms with Crippen LogP contribution in [0.4, 0.5) is 5.69 Å². The van der Waals surface area contributed by atoms with Crippen LogP contribution in [-0.4, -0.2) is 50.2 Å². The molecule has 2 rings (SSSR count). The van der Waals surface area contributed by atoms with Gasteiger partial charge in [0.25, 0.3) is 0 Å². The molecule has 1 aromatic carbocycles. The van der Waals surface area contributed by atoms with Gasteiger partial charge in [0.2, 0.25) is 0 Å². The van der Waals surface area contributed by atoms with Gasteiger partial charge in [0.1, 0.15) is 0 Å². The molecule has 1 saturated heterocycles. The zero-order valence-electron chi connectivity index (χ0n) is 12.5. The minimum absolute atomic E-state index is 0.244. The molecule has 0 spiro atoms. The quantitative estimate of drug-likeness (QED) is 0.773. The molecule has 1 aromatic rings. The average Bonchev–Trinajstić information content (AvgIpc) is 2.49. The first-order valence-electron chi connectivity index (χ1n) is 7.49. The summed E-state index contributed by atoms with van der Waals surface area (Å²) in [6, 6.07) is 7.74. The van der Waals surface area contributed by atoms with Gasteiger partial charge in [-0.1, -0.05) is 6.92 Å². The van der Waals surface area contributed by atoms with Gasteiger partial charge in [-0.15, -0.1) is 0 Å². The lowest BCUT2D eigenvalue weighted by Gasteiger charge is -2.36. The van der Waals surface area contributed by atoms with E-state index in [9.17, 15) is 4.79 Å². The molecular weight excluding hydrogens is 252 g/mol. The van der Waals surface area contributed by atoms with Crippen LogP contribution in [0, 0.1) is 0 Å². The molecule has 1 aliphatic rings. The highest BCUT2D eigenvalue weighted by molar-refractivity contribution is 5.89. The van der Waals surface area contributed by atoms with Crippen LogP contribution in [0.1, 0.15) is 30.6 Å². The zero-order valence-corrected chi connectivity index (χ0v) is 12.5. The number of esters is 1. The maximum absolute atomic E-state index is 11.6. The largest absolute Gasteiger partial charge is 0.462 e. The molecule has 110 valence electrons. The van der Waals surface area contributed by atoms with Crippen LogP contribution >= 0.6 is 0 Å². The van der Waals surface area contributed by atoms with Gasteiger partial charge < -0.3 is 9.64 Å². The molecule has 0 N–H and O–H groups in total. The van der Waals surface area contributed by atoms with E-state index >= 15 is 0 Å². The highest BCUT2D eigenvalue weighted by Crippen LogP contribution is 2.18. The predicted octanol–water partition coefficient (Wildman–Crippen LogP) is 2.40. The number of piperazine rings is 1. The number of hydrogen-bond donors (Lipinski definition) is 0. The Morgan fingerprint density at radius 2 is 1.75 bits per heavy atom. The smallest absolute Gasteiger partial charge is 0.338 e. The van der Waals surface area contributed by atoms with Crippen molar-refractivity contribution in [2.24, 2.45) is 0 Å². The topological polar surface area (TPSA) is 32.8 Å². The van der Waals surface area contributed by atoms with E-state index in [0.29, 0.717) is 12.2 Å². The molecule has 0 saturated carbocycles. The Balaban J connectivity index is 1.92. The molecule has 1 aliphatic heterocycles. The van der Waals surface area contributed by atoms with Crippen LogP contribution in [0.25, 0.3) is 0 Å². The monoisotopic (exact) mass is 276 g/mol. The fourth-order valence-corrected chi connectivity index (χ4v) is 2.57. The van der Waals surface area contributed by atoms with E-state index in [4.69, 9.17) is 4.74 Å². The number of rotatable bonds is 5. The van der Waals surface area contributed by atoms with Crippen molar-refractivity contribution >= 4 is 11.7 Å². The summed E-state index contributed by atoms with van der Waals surface area (Å²) in [4.78, 5) is 16.5. The van der Waals surface area contributed by atoms with E-state index in [1.807, 2.05) is 31.2 Å². The second-order valence-electron chi connectivity index (χ2n) is 5.10. The molecule has 1 heterocycles. The Labute approximate surface area is 121 Å². The molecule has 4 heteroatoms. The minimum atomic E-state index is -0.244. The molecule has 0 amide bonds. The summed E-state index contributed by atoms with van der Waals surface area (Å²) >= 11 is 0. The third kappa shape index (κ3) is 3.73. The van der Waals surface area contributed by atoms with Crippen LogP contribution in [0.5, 0.6) is 0 Å². The van der Waals surface area contributed by atoms with Gasteiger partial charge in [-0.2, -0.15) is 0 Å². The number of hydrogen-bond acceptors (Lipinski definition) is 4. The highest BCUT2D eigenvalue weighted by Gasteiger charge is 2.16. The Kier molecular flexibility index (Phi) is 5.41. The van der Waals surface area contributed by atoms with Crippen molar-refractivity contribution in [2.75, 3.05) is 44.2 Å². The summed E-state index contributed by atoms with van der Waals surface area (Å²) < 4.78 is 5.00. The van der Waals surface area contributed by atoms with Gasteiger partial charge in [0.05, 0.1) is 12.2 Å². The molecule has 0 atom stereocenters. The molecule has 0 radical (unpaired) electrons. The molecule has 0 aliphatic carbocycles. The lowest BCUT2D eigenvalue weighted by atomic mass is 10.2. The third-order valence-corrected chi connectivity index (χ3v) is 3.66. The highest BCUT2D eigenvalue weighted by atomic mass is 16.5. The molecule has 0 aromatic heterocycles. The van der Waals surface area contributed by atoms with Crippen molar-refractivity contribution in [1.82, 2.24) is 4.90 Å². The summed E-state index contributed by atoms with van der Waals surface area (Å²) in [5.41, 5.74) is 1.81. The van der Waals surface area contributed by atoms with Crippen molar-refractivity contribution < 1.29 is 9.53 Å². The SMILES string of the molecule is CCCN1CCN(c2ccc(C(=O)OCC)cc2)CC1. The van der Waals surface area contributed by atoms with Gasteiger partial charge >= 0.3 is 5.97 Å². The van der Waals surface area contributed by atoms with Crippen molar-refractivity contribution in [3.8, 4) is 0 Å². The Hall–Kier alpha value is -1.55. The van der Waals surface area contributed by atoms with E-state index in [-0.39, 0.29) is 5.97 Å². The molecule has 0 unspecified atom stereocenters. The number of nitrogens with zero attached hydrogens (tertiary/aromatic N) is 2. The molecule has 4 nitrogen and oxygen atoms in total. The lowest BCUT2D eigenvalue weighted by Crippen LogP contribution is -2.46. The molecule has 0 bridgehead atoms. The van der Waals surface area contributed by atoms with Crippen LogP contribution in [0.2, 0.25) is 0 Å². The van der Waals surface area contributed by atoms with Crippen LogP contribution in [-0.2, 0) is 4.74 Å². The number of ether oxygens (including phenoxy) is 1. The van der Waals surface area contributed by atoms with Crippen molar-refractivity contribution in [1.29, 1.82) is 0 Å². The Morgan fingerprint density at radius 1 is 1.10 bits per heavy atom. The van der Waals surface area contributed by atoms with Crippen molar-refractivity contribution in [2.45, 2.75) is 20.3 Å². The van der Waals surface area contributed by atoms with Crippen LogP contribution in [0.3, 0.4) is 0 Å². The molecule has 1 fully saturated rings. The van der Waals surface area contributed by atoms with Crippen LogP contribution in [0.15, 0.2) is 24.3 Å². The number of benzene rings is 1. The number of carbonyl (C=O) groups is 1. The predicted molar refractivity (Wildman–Crippen MR) is 81.3 cm³/mol. The van der Waals surface area contributed by atoms with Gasteiger partial charge in [-0.25, -0.2) is 4.79 Å². The Bertz CT molecular complexity index is 423. The second kappa shape index (κ2) is 7.29. The van der Waals surface area contributed by atoms with E-state index in [0.717, 1.165) is 26.2 Å². The zero-order chi connectivity index (χ0) is 14.4. The normalized spacial score (nSPS) is 16.2. The first-order valence-corrected chi connectivity index (χ1v) is 7.49. The summed E-state index contributed by atoms with van der Waals surface area (Å²) in [6.45, 7) is 10.00. The maximum atomic E-state index is 11.6. The van der Waals surface area contributed by atoms with E-state index in [2.05, 4.69) is 16.7 Å². The van der Waals surface area contributed by atoms with Crippen molar-refractivity contribution in [3.63, 3.8) is 0 Å². The fraction of sp³-hybridized carbons (Fsp3) is 0.562. The number of carbonyl (C=O) groups excluding carboxylic acids is 1.